The summed E-state index contributed by atoms with van der Waals surface area (Å²) in [5.74, 6) is 0.861. The van der Waals surface area contributed by atoms with Crippen LogP contribution in [0.3, 0.4) is 0 Å². The number of methoxy groups -OCH3 is 1. The lowest BCUT2D eigenvalue weighted by Gasteiger charge is -2.06. The number of ether oxygens (including phenoxy) is 1. The maximum Gasteiger partial charge on any atom is 0.120 e. The molecule has 2 aromatic rings. The molecule has 0 aliphatic carbocycles. The first kappa shape index (κ1) is 11.0. The van der Waals surface area contributed by atoms with Crippen LogP contribution in [0.1, 0.15) is 10.7 Å². The number of aromatic nitrogens is 1. The molecule has 0 aliphatic heterocycles. The Bertz CT molecular complexity index is 468. The van der Waals surface area contributed by atoms with Crippen molar-refractivity contribution in [1.82, 2.24) is 4.98 Å². The summed E-state index contributed by atoms with van der Waals surface area (Å²) >= 11 is 1.67. The Morgan fingerprint density at radius 1 is 1.44 bits per heavy atom. The Morgan fingerprint density at radius 2 is 2.31 bits per heavy atom. The van der Waals surface area contributed by atoms with Crippen molar-refractivity contribution in [3.05, 3.63) is 40.3 Å². The molecule has 1 aromatic heterocycles. The molecule has 0 atom stereocenters. The first-order valence-electron chi connectivity index (χ1n) is 5.07. The van der Waals surface area contributed by atoms with Gasteiger partial charge in [0.15, 0.2) is 0 Å². The summed E-state index contributed by atoms with van der Waals surface area (Å²) in [5.41, 5.74) is 2.12. The normalized spacial score (nSPS) is 10.1. The zero-order chi connectivity index (χ0) is 11.4. The van der Waals surface area contributed by atoms with Gasteiger partial charge < -0.3 is 10.1 Å². The van der Waals surface area contributed by atoms with Crippen molar-refractivity contribution < 1.29 is 4.74 Å². The molecule has 0 saturated heterocycles. The van der Waals surface area contributed by atoms with E-state index in [0.29, 0.717) is 0 Å². The standard InChI is InChI=1S/C12H14N2OS/c1-9-14-11(8-16-9)7-13-10-4-3-5-12(6-10)15-2/h3-6,8,13H,7H2,1-2H3. The molecular weight excluding hydrogens is 220 g/mol. The summed E-state index contributed by atoms with van der Waals surface area (Å²) in [6, 6.07) is 7.88. The molecule has 0 unspecified atom stereocenters. The van der Waals surface area contributed by atoms with Crippen molar-refractivity contribution in [3.8, 4) is 5.75 Å². The maximum absolute atomic E-state index is 5.16. The zero-order valence-corrected chi connectivity index (χ0v) is 10.2. The van der Waals surface area contributed by atoms with Crippen molar-refractivity contribution in [2.45, 2.75) is 13.5 Å². The van der Waals surface area contributed by atoms with E-state index < -0.39 is 0 Å². The van der Waals surface area contributed by atoms with Crippen molar-refractivity contribution in [1.29, 1.82) is 0 Å². The lowest BCUT2D eigenvalue weighted by molar-refractivity contribution is 0.415. The number of aryl methyl sites for hydroxylation is 1. The molecule has 4 heteroatoms. The van der Waals surface area contributed by atoms with Gasteiger partial charge in [-0.2, -0.15) is 0 Å². The fraction of sp³-hybridized carbons (Fsp3) is 0.250. The number of anilines is 1. The number of hydrogen-bond acceptors (Lipinski definition) is 4. The van der Waals surface area contributed by atoms with E-state index in [1.54, 1.807) is 18.4 Å². The minimum atomic E-state index is 0.748. The molecule has 1 heterocycles. The van der Waals surface area contributed by atoms with E-state index in [1.165, 1.54) is 0 Å². The van der Waals surface area contributed by atoms with Crippen LogP contribution in [-0.4, -0.2) is 12.1 Å². The molecule has 0 bridgehead atoms. The van der Waals surface area contributed by atoms with Gasteiger partial charge in [-0.25, -0.2) is 4.98 Å². The van der Waals surface area contributed by atoms with Gasteiger partial charge in [-0.1, -0.05) is 6.07 Å². The fourth-order valence-corrected chi connectivity index (χ4v) is 2.03. The second-order valence-electron chi connectivity index (χ2n) is 3.44. The summed E-state index contributed by atoms with van der Waals surface area (Å²) in [5, 5.41) is 6.48. The first-order chi connectivity index (χ1) is 7.78. The van der Waals surface area contributed by atoms with Crippen LogP contribution in [0.15, 0.2) is 29.6 Å². The van der Waals surface area contributed by atoms with E-state index >= 15 is 0 Å². The highest BCUT2D eigenvalue weighted by molar-refractivity contribution is 7.09. The van der Waals surface area contributed by atoms with E-state index in [0.717, 1.165) is 28.7 Å². The van der Waals surface area contributed by atoms with E-state index in [2.05, 4.69) is 15.7 Å². The van der Waals surface area contributed by atoms with Gasteiger partial charge in [0.2, 0.25) is 0 Å². The molecule has 2 rings (SSSR count). The summed E-state index contributed by atoms with van der Waals surface area (Å²) in [6.07, 6.45) is 0. The predicted molar refractivity (Wildman–Crippen MR) is 67.2 cm³/mol. The molecule has 1 N–H and O–H groups in total. The Kier molecular flexibility index (Phi) is 3.41. The van der Waals surface area contributed by atoms with Crippen LogP contribution in [0.4, 0.5) is 5.69 Å². The number of nitrogens with zero attached hydrogens (tertiary/aromatic N) is 1. The average molecular weight is 234 g/mol. The SMILES string of the molecule is COc1cccc(NCc2csc(C)n2)c1. The lowest BCUT2D eigenvalue weighted by atomic mass is 10.3. The lowest BCUT2D eigenvalue weighted by Crippen LogP contribution is -1.99. The second-order valence-corrected chi connectivity index (χ2v) is 4.51. The molecule has 0 fully saturated rings. The number of rotatable bonds is 4. The Labute approximate surface area is 99.1 Å². The van der Waals surface area contributed by atoms with Gasteiger partial charge in [0.25, 0.3) is 0 Å². The van der Waals surface area contributed by atoms with E-state index in [1.807, 2.05) is 31.2 Å². The van der Waals surface area contributed by atoms with Gasteiger partial charge in [-0.05, 0) is 19.1 Å². The molecule has 0 amide bonds. The topological polar surface area (TPSA) is 34.1 Å². The number of nitrogens with one attached hydrogen (secondary N) is 1. The highest BCUT2D eigenvalue weighted by atomic mass is 32.1. The smallest absolute Gasteiger partial charge is 0.120 e. The molecule has 0 aliphatic rings. The quantitative estimate of drug-likeness (QED) is 0.882. The van der Waals surface area contributed by atoms with Gasteiger partial charge >= 0.3 is 0 Å². The van der Waals surface area contributed by atoms with E-state index in [9.17, 15) is 0 Å². The third kappa shape index (κ3) is 2.73. The van der Waals surface area contributed by atoms with Crippen LogP contribution < -0.4 is 10.1 Å². The third-order valence-electron chi connectivity index (χ3n) is 2.21. The summed E-state index contributed by atoms with van der Waals surface area (Å²) in [6.45, 7) is 2.76. The van der Waals surface area contributed by atoms with Gasteiger partial charge in [-0.15, -0.1) is 11.3 Å². The Balaban J connectivity index is 1.99. The van der Waals surface area contributed by atoms with E-state index in [4.69, 9.17) is 4.74 Å². The van der Waals surface area contributed by atoms with Crippen molar-refractivity contribution in [2.24, 2.45) is 0 Å². The third-order valence-corrected chi connectivity index (χ3v) is 3.03. The highest BCUT2D eigenvalue weighted by Gasteiger charge is 1.99. The molecule has 84 valence electrons. The van der Waals surface area contributed by atoms with Crippen molar-refractivity contribution >= 4 is 17.0 Å². The molecule has 3 nitrogen and oxygen atoms in total. The minimum Gasteiger partial charge on any atom is -0.497 e. The summed E-state index contributed by atoms with van der Waals surface area (Å²) in [4.78, 5) is 4.39. The Morgan fingerprint density at radius 3 is 3.00 bits per heavy atom. The van der Waals surface area contributed by atoms with Crippen molar-refractivity contribution in [2.75, 3.05) is 12.4 Å². The van der Waals surface area contributed by atoms with Crippen LogP contribution in [0, 0.1) is 6.92 Å². The summed E-state index contributed by atoms with van der Waals surface area (Å²) < 4.78 is 5.16. The maximum atomic E-state index is 5.16. The molecule has 0 saturated carbocycles. The second kappa shape index (κ2) is 4.99. The van der Waals surface area contributed by atoms with Gasteiger partial charge in [0.1, 0.15) is 5.75 Å². The van der Waals surface area contributed by atoms with E-state index in [-0.39, 0.29) is 0 Å². The number of thiazole rings is 1. The molecule has 0 radical (unpaired) electrons. The highest BCUT2D eigenvalue weighted by Crippen LogP contribution is 2.17. The monoisotopic (exact) mass is 234 g/mol. The van der Waals surface area contributed by atoms with Crippen LogP contribution in [0.2, 0.25) is 0 Å². The van der Waals surface area contributed by atoms with Crippen LogP contribution in [0.25, 0.3) is 0 Å². The minimum absolute atomic E-state index is 0.748. The largest absolute Gasteiger partial charge is 0.497 e. The van der Waals surface area contributed by atoms with Crippen LogP contribution in [-0.2, 0) is 6.54 Å². The predicted octanol–water partition coefficient (Wildman–Crippen LogP) is 3.07. The van der Waals surface area contributed by atoms with Crippen molar-refractivity contribution in [3.63, 3.8) is 0 Å². The molecule has 1 aromatic carbocycles. The average Bonchev–Trinajstić information content (AvgIpc) is 2.73. The first-order valence-corrected chi connectivity index (χ1v) is 5.95. The van der Waals surface area contributed by atoms with Crippen LogP contribution >= 0.6 is 11.3 Å². The number of benzene rings is 1. The van der Waals surface area contributed by atoms with Gasteiger partial charge in [0.05, 0.1) is 24.4 Å². The molecular formula is C12H14N2OS. The van der Waals surface area contributed by atoms with Crippen LogP contribution in [0.5, 0.6) is 5.75 Å². The number of hydrogen-bond donors (Lipinski definition) is 1. The fourth-order valence-electron chi connectivity index (χ4n) is 1.42. The molecule has 0 spiro atoms. The zero-order valence-electron chi connectivity index (χ0n) is 9.36. The van der Waals surface area contributed by atoms with Gasteiger partial charge in [0, 0.05) is 17.1 Å². The van der Waals surface area contributed by atoms with Gasteiger partial charge in [-0.3, -0.25) is 0 Å². The summed E-state index contributed by atoms with van der Waals surface area (Å²) in [7, 11) is 1.67. The Hall–Kier alpha value is -1.55. The molecule has 16 heavy (non-hydrogen) atoms.